The van der Waals surface area contributed by atoms with Crippen molar-refractivity contribution in [1.82, 2.24) is 5.32 Å². The van der Waals surface area contributed by atoms with Crippen molar-refractivity contribution in [2.45, 2.75) is 59.2 Å². The number of amides is 1. The van der Waals surface area contributed by atoms with E-state index in [2.05, 4.69) is 5.32 Å². The Morgan fingerprint density at radius 3 is 2.28 bits per heavy atom. The summed E-state index contributed by atoms with van der Waals surface area (Å²) >= 11 is 0. The van der Waals surface area contributed by atoms with Gasteiger partial charge in [0.25, 0.3) is 5.91 Å². The van der Waals surface area contributed by atoms with Crippen LogP contribution in [0.25, 0.3) is 0 Å². The SMILES string of the molecule is Cc1ccc2c(c1)OC(C)(C)C[C@@H]2NC(=O)c1ccc(CN(c2c(C)cccc2C)S(C)(=O)=O)cc1. The van der Waals surface area contributed by atoms with E-state index in [-0.39, 0.29) is 18.5 Å². The fourth-order valence-electron chi connectivity index (χ4n) is 4.82. The summed E-state index contributed by atoms with van der Waals surface area (Å²) < 4.78 is 32.9. The number of nitrogens with one attached hydrogen (secondary N) is 1. The molecule has 0 unspecified atom stereocenters. The number of anilines is 1. The molecule has 3 aromatic carbocycles. The van der Waals surface area contributed by atoms with Gasteiger partial charge in [-0.1, -0.05) is 42.5 Å². The molecule has 1 atom stereocenters. The van der Waals surface area contributed by atoms with E-state index in [9.17, 15) is 13.2 Å². The molecule has 6 nitrogen and oxygen atoms in total. The summed E-state index contributed by atoms with van der Waals surface area (Å²) in [5.41, 5.74) is 5.49. The largest absolute Gasteiger partial charge is 0.487 e. The topological polar surface area (TPSA) is 75.7 Å². The van der Waals surface area contributed by atoms with Crippen molar-refractivity contribution >= 4 is 21.6 Å². The molecule has 36 heavy (non-hydrogen) atoms. The van der Waals surface area contributed by atoms with Crippen LogP contribution in [0.3, 0.4) is 0 Å². The van der Waals surface area contributed by atoms with Crippen molar-refractivity contribution in [3.05, 3.63) is 94.0 Å². The maximum atomic E-state index is 13.1. The summed E-state index contributed by atoms with van der Waals surface area (Å²) in [5, 5.41) is 3.17. The zero-order valence-electron chi connectivity index (χ0n) is 21.8. The highest BCUT2D eigenvalue weighted by atomic mass is 32.2. The van der Waals surface area contributed by atoms with Gasteiger partial charge in [-0.25, -0.2) is 8.42 Å². The van der Waals surface area contributed by atoms with Crippen molar-refractivity contribution < 1.29 is 17.9 Å². The third kappa shape index (κ3) is 5.57. The van der Waals surface area contributed by atoms with Crippen LogP contribution in [0.1, 0.15) is 64.5 Å². The van der Waals surface area contributed by atoms with Crippen LogP contribution in [0.15, 0.2) is 60.7 Å². The van der Waals surface area contributed by atoms with Gasteiger partial charge in [0.1, 0.15) is 11.4 Å². The minimum atomic E-state index is -3.51. The number of rotatable bonds is 6. The Morgan fingerprint density at radius 2 is 1.67 bits per heavy atom. The first-order valence-corrected chi connectivity index (χ1v) is 13.9. The van der Waals surface area contributed by atoms with E-state index in [1.807, 2.05) is 83.1 Å². The van der Waals surface area contributed by atoms with Crippen LogP contribution in [0.4, 0.5) is 5.69 Å². The number of para-hydroxylation sites is 1. The van der Waals surface area contributed by atoms with Crippen LogP contribution in [0.5, 0.6) is 5.75 Å². The molecule has 0 saturated heterocycles. The molecule has 1 aliphatic heterocycles. The molecule has 0 spiro atoms. The minimum Gasteiger partial charge on any atom is -0.487 e. The third-order valence-corrected chi connectivity index (χ3v) is 7.68. The Hall–Kier alpha value is -3.32. The molecule has 1 amide bonds. The third-order valence-electron chi connectivity index (χ3n) is 6.56. The lowest BCUT2D eigenvalue weighted by Gasteiger charge is -2.38. The number of benzene rings is 3. The van der Waals surface area contributed by atoms with Crippen LogP contribution < -0.4 is 14.4 Å². The summed E-state index contributed by atoms with van der Waals surface area (Å²) in [6.07, 6.45) is 1.88. The Morgan fingerprint density at radius 1 is 1.03 bits per heavy atom. The number of nitrogens with zero attached hydrogens (tertiary/aromatic N) is 1. The van der Waals surface area contributed by atoms with Gasteiger partial charge in [-0.3, -0.25) is 9.10 Å². The maximum absolute atomic E-state index is 13.1. The predicted octanol–water partition coefficient (Wildman–Crippen LogP) is 5.61. The number of carbonyl (C=O) groups excluding carboxylic acids is 1. The van der Waals surface area contributed by atoms with Crippen molar-refractivity contribution in [2.24, 2.45) is 0 Å². The second-order valence-electron chi connectivity index (χ2n) is 10.3. The summed E-state index contributed by atoms with van der Waals surface area (Å²) in [4.78, 5) is 13.1. The van der Waals surface area contributed by atoms with Gasteiger partial charge in [-0.15, -0.1) is 0 Å². The quantitative estimate of drug-likeness (QED) is 0.472. The van der Waals surface area contributed by atoms with E-state index in [1.165, 1.54) is 10.6 Å². The van der Waals surface area contributed by atoms with Crippen LogP contribution in [-0.2, 0) is 16.6 Å². The standard InChI is InChI=1S/C29H34N2O4S/c1-19-10-15-24-25(17-29(4,5)35-26(24)16-19)30-28(32)23-13-11-22(12-14-23)18-31(36(6,33)34)27-20(2)8-7-9-21(27)3/h7-16,25H,17-18H2,1-6H3,(H,30,32)/t25-/m0/s1. The van der Waals surface area contributed by atoms with E-state index in [4.69, 9.17) is 4.74 Å². The van der Waals surface area contributed by atoms with Crippen molar-refractivity contribution in [3.8, 4) is 5.75 Å². The van der Waals surface area contributed by atoms with E-state index in [0.29, 0.717) is 17.7 Å². The number of fused-ring (bicyclic) bond motifs is 1. The second kappa shape index (κ2) is 9.62. The molecular formula is C29H34N2O4S. The van der Waals surface area contributed by atoms with Gasteiger partial charge in [0.05, 0.1) is 24.5 Å². The Balaban J connectivity index is 1.54. The van der Waals surface area contributed by atoms with Gasteiger partial charge in [0, 0.05) is 17.5 Å². The highest BCUT2D eigenvalue weighted by Crippen LogP contribution is 2.40. The van der Waals surface area contributed by atoms with E-state index in [1.54, 1.807) is 12.1 Å². The van der Waals surface area contributed by atoms with Gasteiger partial charge >= 0.3 is 0 Å². The first kappa shape index (κ1) is 25.8. The van der Waals surface area contributed by atoms with Gasteiger partial charge < -0.3 is 10.1 Å². The summed E-state index contributed by atoms with van der Waals surface area (Å²) in [6.45, 7) is 10.1. The zero-order chi connectivity index (χ0) is 26.3. The smallest absolute Gasteiger partial charge is 0.251 e. The monoisotopic (exact) mass is 506 g/mol. The number of hydrogen-bond acceptors (Lipinski definition) is 4. The van der Waals surface area contributed by atoms with Crippen molar-refractivity contribution in [2.75, 3.05) is 10.6 Å². The Kier molecular flexibility index (Phi) is 6.88. The molecule has 0 fully saturated rings. The fraction of sp³-hybridized carbons (Fsp3) is 0.345. The number of aryl methyl sites for hydroxylation is 3. The minimum absolute atomic E-state index is 0.165. The molecule has 4 rings (SSSR count). The molecular weight excluding hydrogens is 472 g/mol. The summed E-state index contributed by atoms with van der Waals surface area (Å²) in [7, 11) is -3.51. The van der Waals surface area contributed by atoms with Crippen LogP contribution in [-0.4, -0.2) is 26.2 Å². The molecule has 1 aliphatic rings. The molecule has 0 bridgehead atoms. The highest BCUT2D eigenvalue weighted by Gasteiger charge is 2.34. The van der Waals surface area contributed by atoms with Gasteiger partial charge in [-0.2, -0.15) is 0 Å². The molecule has 3 aromatic rings. The number of carbonyl (C=O) groups is 1. The molecule has 0 aliphatic carbocycles. The first-order chi connectivity index (χ1) is 16.8. The summed E-state index contributed by atoms with van der Waals surface area (Å²) in [6, 6.07) is 18.7. The lowest BCUT2D eigenvalue weighted by molar-refractivity contribution is 0.0619. The van der Waals surface area contributed by atoms with E-state index in [0.717, 1.165) is 33.6 Å². The maximum Gasteiger partial charge on any atom is 0.251 e. The number of ether oxygens (including phenoxy) is 1. The molecule has 0 radical (unpaired) electrons. The van der Waals surface area contributed by atoms with Gasteiger partial charge in [0.2, 0.25) is 10.0 Å². The zero-order valence-corrected chi connectivity index (χ0v) is 22.6. The highest BCUT2D eigenvalue weighted by molar-refractivity contribution is 7.92. The predicted molar refractivity (Wildman–Crippen MR) is 144 cm³/mol. The summed E-state index contributed by atoms with van der Waals surface area (Å²) in [5.74, 6) is 0.629. The van der Waals surface area contributed by atoms with Gasteiger partial charge in [-0.05, 0) is 75.1 Å². The molecule has 1 heterocycles. The molecule has 7 heteroatoms. The molecule has 0 aromatic heterocycles. The number of sulfonamides is 1. The Labute approximate surface area is 214 Å². The lowest BCUT2D eigenvalue weighted by atomic mass is 9.89. The first-order valence-electron chi connectivity index (χ1n) is 12.1. The van der Waals surface area contributed by atoms with Crippen LogP contribution in [0, 0.1) is 20.8 Å². The van der Waals surface area contributed by atoms with E-state index >= 15 is 0 Å². The molecule has 190 valence electrons. The Bertz CT molecular complexity index is 1380. The normalized spacial score (nSPS) is 16.6. The van der Waals surface area contributed by atoms with Crippen LogP contribution >= 0.6 is 0 Å². The van der Waals surface area contributed by atoms with E-state index < -0.39 is 15.6 Å². The molecule has 0 saturated carbocycles. The average Bonchev–Trinajstić information content (AvgIpc) is 2.77. The second-order valence-corrected chi connectivity index (χ2v) is 12.2. The lowest BCUT2D eigenvalue weighted by Crippen LogP contribution is -2.41. The van der Waals surface area contributed by atoms with Gasteiger partial charge in [0.15, 0.2) is 0 Å². The number of hydrogen-bond donors (Lipinski definition) is 1. The van der Waals surface area contributed by atoms with Crippen LogP contribution in [0.2, 0.25) is 0 Å². The molecule has 1 N–H and O–H groups in total. The average molecular weight is 507 g/mol. The fourth-order valence-corrected chi connectivity index (χ4v) is 5.82. The van der Waals surface area contributed by atoms with Crippen molar-refractivity contribution in [1.29, 1.82) is 0 Å². The van der Waals surface area contributed by atoms with Crippen molar-refractivity contribution in [3.63, 3.8) is 0 Å².